The molecule has 2 aliphatic rings. The standard InChI is InChI=1S/C15H30N2O/c1-2-9-16-12-15(7-3-4-8-15)13-17-10-5-14(18)6-11-17/h14,16,18H,2-13H2,1H3. The van der Waals surface area contributed by atoms with E-state index < -0.39 is 0 Å². The van der Waals surface area contributed by atoms with E-state index in [1.54, 1.807) is 0 Å². The zero-order valence-electron chi connectivity index (χ0n) is 12.0. The van der Waals surface area contributed by atoms with Crippen molar-refractivity contribution in [1.29, 1.82) is 0 Å². The summed E-state index contributed by atoms with van der Waals surface area (Å²) in [7, 11) is 0. The Balaban J connectivity index is 1.81. The summed E-state index contributed by atoms with van der Waals surface area (Å²) in [6.45, 7) is 8.02. The van der Waals surface area contributed by atoms with Gasteiger partial charge in [0.2, 0.25) is 0 Å². The summed E-state index contributed by atoms with van der Waals surface area (Å²) in [5.74, 6) is 0. The Kier molecular flexibility index (Phi) is 5.46. The number of rotatable bonds is 6. The average Bonchev–Trinajstić information content (AvgIpc) is 2.82. The van der Waals surface area contributed by atoms with Crippen LogP contribution in [0.15, 0.2) is 0 Å². The van der Waals surface area contributed by atoms with Crippen LogP contribution < -0.4 is 5.32 Å². The van der Waals surface area contributed by atoms with Gasteiger partial charge < -0.3 is 15.3 Å². The summed E-state index contributed by atoms with van der Waals surface area (Å²) in [4.78, 5) is 2.59. The first-order valence-corrected chi connectivity index (χ1v) is 7.85. The monoisotopic (exact) mass is 254 g/mol. The van der Waals surface area contributed by atoms with Crippen LogP contribution in [0.1, 0.15) is 51.9 Å². The normalized spacial score (nSPS) is 25.7. The molecule has 0 amide bonds. The second-order valence-electron chi connectivity index (χ2n) is 6.39. The second-order valence-corrected chi connectivity index (χ2v) is 6.39. The first-order chi connectivity index (χ1) is 8.74. The molecule has 1 saturated heterocycles. The number of aliphatic hydroxyl groups excluding tert-OH is 1. The molecular formula is C15H30N2O. The number of hydrogen-bond acceptors (Lipinski definition) is 3. The molecule has 0 aromatic rings. The van der Waals surface area contributed by atoms with E-state index in [1.807, 2.05) is 0 Å². The van der Waals surface area contributed by atoms with Gasteiger partial charge >= 0.3 is 0 Å². The van der Waals surface area contributed by atoms with Gasteiger partial charge in [-0.15, -0.1) is 0 Å². The van der Waals surface area contributed by atoms with Gasteiger partial charge in [0.25, 0.3) is 0 Å². The molecule has 18 heavy (non-hydrogen) atoms. The third-order valence-electron chi connectivity index (χ3n) is 4.71. The summed E-state index contributed by atoms with van der Waals surface area (Å²) in [5, 5.41) is 13.2. The molecule has 0 aromatic carbocycles. The molecule has 2 N–H and O–H groups in total. The maximum absolute atomic E-state index is 9.59. The molecular weight excluding hydrogens is 224 g/mol. The molecule has 0 unspecified atom stereocenters. The number of nitrogens with zero attached hydrogens (tertiary/aromatic N) is 1. The van der Waals surface area contributed by atoms with Crippen molar-refractivity contribution in [1.82, 2.24) is 10.2 Å². The summed E-state index contributed by atoms with van der Waals surface area (Å²) in [5.41, 5.74) is 0.525. The predicted molar refractivity (Wildman–Crippen MR) is 75.7 cm³/mol. The molecule has 0 bridgehead atoms. The van der Waals surface area contributed by atoms with E-state index in [0.717, 1.165) is 32.5 Å². The number of likely N-dealkylation sites (tertiary alicyclic amines) is 1. The lowest BCUT2D eigenvalue weighted by Gasteiger charge is -2.38. The summed E-state index contributed by atoms with van der Waals surface area (Å²) in [6, 6.07) is 0. The highest BCUT2D eigenvalue weighted by molar-refractivity contribution is 4.90. The molecule has 3 nitrogen and oxygen atoms in total. The topological polar surface area (TPSA) is 35.5 Å². The van der Waals surface area contributed by atoms with Crippen molar-refractivity contribution in [2.75, 3.05) is 32.7 Å². The van der Waals surface area contributed by atoms with Gasteiger partial charge in [0, 0.05) is 26.2 Å². The third kappa shape index (κ3) is 3.94. The van der Waals surface area contributed by atoms with Crippen LogP contribution in [-0.2, 0) is 0 Å². The van der Waals surface area contributed by atoms with Crippen molar-refractivity contribution in [2.24, 2.45) is 5.41 Å². The Hall–Kier alpha value is -0.120. The van der Waals surface area contributed by atoms with Crippen molar-refractivity contribution >= 4 is 0 Å². The zero-order valence-corrected chi connectivity index (χ0v) is 12.0. The van der Waals surface area contributed by atoms with E-state index in [1.165, 1.54) is 45.2 Å². The molecule has 1 aliphatic carbocycles. The molecule has 2 rings (SSSR count). The molecule has 106 valence electrons. The van der Waals surface area contributed by atoms with Crippen LogP contribution >= 0.6 is 0 Å². The summed E-state index contributed by atoms with van der Waals surface area (Å²) in [6.07, 6.45) is 8.72. The molecule has 1 heterocycles. The minimum absolute atomic E-state index is 0.0426. The summed E-state index contributed by atoms with van der Waals surface area (Å²) >= 11 is 0. The van der Waals surface area contributed by atoms with Crippen molar-refractivity contribution in [3.05, 3.63) is 0 Å². The smallest absolute Gasteiger partial charge is 0.0564 e. The van der Waals surface area contributed by atoms with E-state index in [0.29, 0.717) is 5.41 Å². The first kappa shape index (κ1) is 14.3. The zero-order chi connectivity index (χ0) is 12.8. The van der Waals surface area contributed by atoms with Crippen LogP contribution in [0, 0.1) is 5.41 Å². The van der Waals surface area contributed by atoms with Gasteiger partial charge in [-0.05, 0) is 44.1 Å². The van der Waals surface area contributed by atoms with E-state index >= 15 is 0 Å². The molecule has 2 fully saturated rings. The largest absolute Gasteiger partial charge is 0.393 e. The molecule has 0 atom stereocenters. The van der Waals surface area contributed by atoms with Crippen molar-refractivity contribution in [2.45, 2.75) is 58.0 Å². The molecule has 0 spiro atoms. The predicted octanol–water partition coefficient (Wildman–Crippen LogP) is 2.00. The fourth-order valence-corrected chi connectivity index (χ4v) is 3.60. The van der Waals surface area contributed by atoms with Crippen molar-refractivity contribution in [3.8, 4) is 0 Å². The minimum atomic E-state index is -0.0426. The minimum Gasteiger partial charge on any atom is -0.393 e. The highest BCUT2D eigenvalue weighted by Crippen LogP contribution is 2.38. The van der Waals surface area contributed by atoms with Gasteiger partial charge in [-0.3, -0.25) is 0 Å². The Morgan fingerprint density at radius 2 is 1.89 bits per heavy atom. The van der Waals surface area contributed by atoms with Gasteiger partial charge in [0.05, 0.1) is 6.10 Å². The van der Waals surface area contributed by atoms with E-state index in [4.69, 9.17) is 0 Å². The molecule has 0 radical (unpaired) electrons. The van der Waals surface area contributed by atoms with Crippen LogP contribution in [0.4, 0.5) is 0 Å². The highest BCUT2D eigenvalue weighted by atomic mass is 16.3. The Morgan fingerprint density at radius 3 is 2.50 bits per heavy atom. The number of aliphatic hydroxyl groups is 1. The lowest BCUT2D eigenvalue weighted by molar-refractivity contribution is 0.0568. The van der Waals surface area contributed by atoms with E-state index in [-0.39, 0.29) is 6.10 Å². The molecule has 0 aromatic heterocycles. The maximum atomic E-state index is 9.59. The van der Waals surface area contributed by atoms with Crippen molar-refractivity contribution < 1.29 is 5.11 Å². The Labute approximate surface area is 112 Å². The number of piperidine rings is 1. The molecule has 1 saturated carbocycles. The first-order valence-electron chi connectivity index (χ1n) is 7.85. The SMILES string of the molecule is CCCNCC1(CN2CCC(O)CC2)CCCC1. The van der Waals surface area contributed by atoms with Crippen LogP contribution in [0.3, 0.4) is 0 Å². The van der Waals surface area contributed by atoms with Crippen LogP contribution in [0.2, 0.25) is 0 Å². The van der Waals surface area contributed by atoms with Crippen LogP contribution in [0.5, 0.6) is 0 Å². The maximum Gasteiger partial charge on any atom is 0.0564 e. The van der Waals surface area contributed by atoms with Gasteiger partial charge in [0.15, 0.2) is 0 Å². The lowest BCUT2D eigenvalue weighted by atomic mass is 9.84. The third-order valence-corrected chi connectivity index (χ3v) is 4.71. The number of hydrogen-bond donors (Lipinski definition) is 2. The molecule has 3 heteroatoms. The second kappa shape index (κ2) is 6.88. The Bertz CT molecular complexity index is 231. The van der Waals surface area contributed by atoms with Gasteiger partial charge in [-0.25, -0.2) is 0 Å². The van der Waals surface area contributed by atoms with Gasteiger partial charge in [-0.1, -0.05) is 19.8 Å². The quantitative estimate of drug-likeness (QED) is 0.712. The van der Waals surface area contributed by atoms with Crippen LogP contribution in [-0.4, -0.2) is 48.8 Å². The van der Waals surface area contributed by atoms with Crippen LogP contribution in [0.25, 0.3) is 0 Å². The average molecular weight is 254 g/mol. The van der Waals surface area contributed by atoms with E-state index in [9.17, 15) is 5.11 Å². The van der Waals surface area contributed by atoms with Gasteiger partial charge in [0.1, 0.15) is 0 Å². The Morgan fingerprint density at radius 1 is 1.22 bits per heavy atom. The van der Waals surface area contributed by atoms with Gasteiger partial charge in [-0.2, -0.15) is 0 Å². The lowest BCUT2D eigenvalue weighted by Crippen LogP contribution is -2.46. The fraction of sp³-hybridized carbons (Fsp3) is 1.00. The van der Waals surface area contributed by atoms with Crippen molar-refractivity contribution in [3.63, 3.8) is 0 Å². The fourth-order valence-electron chi connectivity index (χ4n) is 3.60. The number of nitrogens with one attached hydrogen (secondary N) is 1. The molecule has 1 aliphatic heterocycles. The van der Waals surface area contributed by atoms with E-state index in [2.05, 4.69) is 17.1 Å². The summed E-state index contributed by atoms with van der Waals surface area (Å²) < 4.78 is 0. The highest BCUT2D eigenvalue weighted by Gasteiger charge is 2.35.